The molecule has 0 bridgehead atoms. The van der Waals surface area contributed by atoms with E-state index in [0.717, 1.165) is 33.3 Å². The predicted molar refractivity (Wildman–Crippen MR) is 112 cm³/mol. The Hall–Kier alpha value is -3.47. The number of hydrogen-bond donors (Lipinski definition) is 1. The lowest BCUT2D eigenvalue weighted by Crippen LogP contribution is -2.08. The Bertz CT molecular complexity index is 1190. The van der Waals surface area contributed by atoms with Gasteiger partial charge in [-0.25, -0.2) is 0 Å². The molecule has 1 N–H and O–H groups in total. The van der Waals surface area contributed by atoms with Crippen molar-refractivity contribution in [2.45, 2.75) is 0 Å². The van der Waals surface area contributed by atoms with Gasteiger partial charge in [0.15, 0.2) is 11.5 Å². The number of nitrogens with zero attached hydrogens (tertiary/aromatic N) is 1. The fourth-order valence-corrected chi connectivity index (χ4v) is 3.46. The van der Waals surface area contributed by atoms with E-state index in [9.17, 15) is 0 Å². The molecule has 0 atom stereocenters. The normalized spacial score (nSPS) is 11.0. The zero-order valence-corrected chi connectivity index (χ0v) is 16.4. The smallest absolute Gasteiger partial charge is 0.161 e. The van der Waals surface area contributed by atoms with Crippen molar-refractivity contribution in [3.8, 4) is 33.9 Å². The zero-order valence-electron chi connectivity index (χ0n) is 16.4. The van der Waals surface area contributed by atoms with Crippen LogP contribution >= 0.6 is 0 Å². The maximum Gasteiger partial charge on any atom is 0.161 e. The lowest BCUT2D eigenvalue weighted by Gasteiger charge is -2.18. The van der Waals surface area contributed by atoms with Crippen LogP contribution in [0, 0.1) is 5.41 Å². The van der Waals surface area contributed by atoms with Gasteiger partial charge in [-0.15, -0.1) is 0 Å². The highest BCUT2D eigenvalue weighted by Crippen LogP contribution is 2.42. The van der Waals surface area contributed by atoms with E-state index in [1.54, 1.807) is 26.4 Å². The van der Waals surface area contributed by atoms with Gasteiger partial charge in [0.1, 0.15) is 11.3 Å². The second kappa shape index (κ2) is 6.93. The van der Waals surface area contributed by atoms with Gasteiger partial charge in [0.05, 0.1) is 19.6 Å². The molecule has 1 aliphatic heterocycles. The van der Waals surface area contributed by atoms with Crippen LogP contribution in [-0.4, -0.2) is 28.3 Å². The van der Waals surface area contributed by atoms with Gasteiger partial charge in [0, 0.05) is 48.4 Å². The Morgan fingerprint density at radius 3 is 2.36 bits per heavy atom. The average molecular weight is 374 g/mol. The van der Waals surface area contributed by atoms with Crippen LogP contribution in [0.1, 0.15) is 0 Å². The van der Waals surface area contributed by atoms with Crippen molar-refractivity contribution in [1.29, 1.82) is 5.41 Å². The number of anilines is 1. The van der Waals surface area contributed by atoms with Crippen molar-refractivity contribution in [3.05, 3.63) is 60.0 Å². The third kappa shape index (κ3) is 2.95. The topological polar surface area (TPSA) is 58.7 Å². The molecule has 0 radical (unpaired) electrons. The van der Waals surface area contributed by atoms with Crippen LogP contribution in [0.25, 0.3) is 33.4 Å². The predicted octanol–water partition coefficient (Wildman–Crippen LogP) is 4.77. The van der Waals surface area contributed by atoms with Crippen molar-refractivity contribution in [3.63, 3.8) is 0 Å². The summed E-state index contributed by atoms with van der Waals surface area (Å²) in [4.78, 5) is 2.04. The summed E-state index contributed by atoms with van der Waals surface area (Å²) in [5.74, 6) is 2.04. The van der Waals surface area contributed by atoms with Crippen LogP contribution in [0.4, 0.5) is 5.69 Å². The number of nitrogens with one attached hydrogen (secondary N) is 1. The second-order valence-electron chi connectivity index (χ2n) is 6.83. The third-order valence-corrected chi connectivity index (χ3v) is 4.89. The summed E-state index contributed by atoms with van der Waals surface area (Å²) < 4.78 is 17.1. The molecule has 2 aliphatic rings. The quantitative estimate of drug-likeness (QED) is 0.523. The maximum absolute atomic E-state index is 7.98. The monoisotopic (exact) mass is 374 g/mol. The van der Waals surface area contributed by atoms with Gasteiger partial charge in [-0.1, -0.05) is 6.07 Å². The van der Waals surface area contributed by atoms with Crippen LogP contribution in [0.2, 0.25) is 0 Å². The van der Waals surface area contributed by atoms with Crippen LogP contribution < -0.4 is 19.7 Å². The standard InChI is InChI=1S/C23H22N2O3/c1-25(2)16-7-9-18-21(13-16)28-20-12-15(24)6-8-17(20)23(18)14-5-10-19(26-3)22(11-14)27-4/h5-13,24H,1-4H3. The van der Waals surface area contributed by atoms with Gasteiger partial charge in [0.25, 0.3) is 0 Å². The molecule has 0 aromatic heterocycles. The SMILES string of the molecule is COc1ccc(-c2c3ccc(=N)cc-3oc3cc(N(C)C)ccc23)cc1OC. The summed E-state index contributed by atoms with van der Waals surface area (Å²) in [6.45, 7) is 0. The molecule has 5 heteroatoms. The van der Waals surface area contributed by atoms with E-state index in [0.29, 0.717) is 22.6 Å². The lowest BCUT2D eigenvalue weighted by molar-refractivity contribution is 0.355. The van der Waals surface area contributed by atoms with Crippen molar-refractivity contribution < 1.29 is 13.9 Å². The van der Waals surface area contributed by atoms with E-state index < -0.39 is 0 Å². The molecule has 2 aromatic rings. The van der Waals surface area contributed by atoms with Crippen LogP contribution in [0.5, 0.6) is 11.5 Å². The van der Waals surface area contributed by atoms with Gasteiger partial charge >= 0.3 is 0 Å². The van der Waals surface area contributed by atoms with E-state index in [-0.39, 0.29) is 0 Å². The lowest BCUT2D eigenvalue weighted by atomic mass is 9.93. The molecular weight excluding hydrogens is 352 g/mol. The van der Waals surface area contributed by atoms with Crippen molar-refractivity contribution >= 4 is 16.7 Å². The Balaban J connectivity index is 2.09. The van der Waals surface area contributed by atoms with Crippen molar-refractivity contribution in [2.75, 3.05) is 33.2 Å². The molecule has 5 nitrogen and oxygen atoms in total. The Kier molecular flexibility index (Phi) is 4.43. The third-order valence-electron chi connectivity index (χ3n) is 4.89. The first-order chi connectivity index (χ1) is 13.5. The first kappa shape index (κ1) is 17.9. The Morgan fingerprint density at radius 1 is 0.857 bits per heavy atom. The summed E-state index contributed by atoms with van der Waals surface area (Å²) in [7, 11) is 7.26. The summed E-state index contributed by atoms with van der Waals surface area (Å²) in [6.07, 6.45) is 0. The molecular formula is C23H22N2O3. The zero-order chi connectivity index (χ0) is 19.8. The van der Waals surface area contributed by atoms with E-state index in [1.165, 1.54) is 0 Å². The van der Waals surface area contributed by atoms with Crippen molar-refractivity contribution in [1.82, 2.24) is 0 Å². The number of rotatable bonds is 4. The Morgan fingerprint density at radius 2 is 1.64 bits per heavy atom. The van der Waals surface area contributed by atoms with Crippen molar-refractivity contribution in [2.24, 2.45) is 0 Å². The van der Waals surface area contributed by atoms with Crippen LogP contribution in [0.3, 0.4) is 0 Å². The molecule has 2 aromatic carbocycles. The minimum absolute atomic E-state index is 0.414. The largest absolute Gasteiger partial charge is 0.493 e. The highest BCUT2D eigenvalue weighted by molar-refractivity contribution is 6.02. The number of benzene rings is 3. The molecule has 0 amide bonds. The van der Waals surface area contributed by atoms with Gasteiger partial charge in [-0.05, 0) is 42.0 Å². The summed E-state index contributed by atoms with van der Waals surface area (Å²) in [5.41, 5.74) is 4.82. The van der Waals surface area contributed by atoms with E-state index in [2.05, 4.69) is 12.1 Å². The fourth-order valence-electron chi connectivity index (χ4n) is 3.46. The minimum atomic E-state index is 0.414. The molecule has 0 saturated carbocycles. The number of hydrogen-bond acceptors (Lipinski definition) is 5. The number of ether oxygens (including phenoxy) is 2. The average Bonchev–Trinajstić information content (AvgIpc) is 2.70. The van der Waals surface area contributed by atoms with Gasteiger partial charge in [-0.3, -0.25) is 0 Å². The molecule has 0 fully saturated rings. The van der Waals surface area contributed by atoms with E-state index in [4.69, 9.17) is 19.3 Å². The molecule has 0 spiro atoms. The molecule has 0 unspecified atom stereocenters. The molecule has 1 heterocycles. The first-order valence-electron chi connectivity index (χ1n) is 8.97. The summed E-state index contributed by atoms with van der Waals surface area (Å²) in [6, 6.07) is 17.5. The highest BCUT2D eigenvalue weighted by atomic mass is 16.5. The van der Waals surface area contributed by atoms with Gasteiger partial charge in [-0.2, -0.15) is 0 Å². The first-order valence-corrected chi connectivity index (χ1v) is 8.97. The van der Waals surface area contributed by atoms with Gasteiger partial charge < -0.3 is 24.2 Å². The number of fused-ring (bicyclic) bond motifs is 2. The molecule has 4 rings (SSSR count). The fraction of sp³-hybridized carbons (Fsp3) is 0.174. The summed E-state index contributed by atoms with van der Waals surface area (Å²) in [5, 5.41) is 9.40. The maximum atomic E-state index is 7.98. The van der Waals surface area contributed by atoms with E-state index >= 15 is 0 Å². The molecule has 1 aliphatic carbocycles. The van der Waals surface area contributed by atoms with Crippen LogP contribution in [0.15, 0.2) is 59.0 Å². The summed E-state index contributed by atoms with van der Waals surface area (Å²) >= 11 is 0. The minimum Gasteiger partial charge on any atom is -0.493 e. The Labute approximate surface area is 163 Å². The van der Waals surface area contributed by atoms with Crippen LogP contribution in [-0.2, 0) is 0 Å². The molecule has 142 valence electrons. The molecule has 0 saturated heterocycles. The second-order valence-corrected chi connectivity index (χ2v) is 6.83. The van der Waals surface area contributed by atoms with E-state index in [1.807, 2.05) is 49.3 Å². The number of methoxy groups -OCH3 is 2. The molecule has 28 heavy (non-hydrogen) atoms. The van der Waals surface area contributed by atoms with Gasteiger partial charge in [0.2, 0.25) is 0 Å². The highest BCUT2D eigenvalue weighted by Gasteiger charge is 2.18.